The summed E-state index contributed by atoms with van der Waals surface area (Å²) in [7, 11) is 0. The van der Waals surface area contributed by atoms with E-state index in [0.717, 1.165) is 12.1 Å². The van der Waals surface area contributed by atoms with Gasteiger partial charge in [-0.1, -0.05) is 29.8 Å². The SMILES string of the molecule is CC1=C(C(=O)Nc2ccccc2)[C@H](c2coc3ccc(Cl)cc3c2=O)C2=C(CCCC2=O)N1. The van der Waals surface area contributed by atoms with E-state index in [1.54, 1.807) is 37.3 Å². The summed E-state index contributed by atoms with van der Waals surface area (Å²) in [6.45, 7) is 1.79. The van der Waals surface area contributed by atoms with E-state index in [4.69, 9.17) is 16.0 Å². The summed E-state index contributed by atoms with van der Waals surface area (Å²) in [5, 5.41) is 6.86. The largest absolute Gasteiger partial charge is 0.464 e. The number of nitrogens with one attached hydrogen (secondary N) is 2. The van der Waals surface area contributed by atoms with Crippen LogP contribution in [0.2, 0.25) is 5.02 Å². The van der Waals surface area contributed by atoms with E-state index in [-0.39, 0.29) is 22.7 Å². The second-order valence-electron chi connectivity index (χ2n) is 8.25. The molecule has 1 aliphatic carbocycles. The van der Waals surface area contributed by atoms with Gasteiger partial charge >= 0.3 is 0 Å². The van der Waals surface area contributed by atoms with Crippen molar-refractivity contribution in [2.75, 3.05) is 5.32 Å². The Labute approximate surface area is 194 Å². The molecule has 2 heterocycles. The van der Waals surface area contributed by atoms with E-state index >= 15 is 0 Å². The highest BCUT2D eigenvalue weighted by molar-refractivity contribution is 6.31. The van der Waals surface area contributed by atoms with Gasteiger partial charge in [0.2, 0.25) is 0 Å². The number of Topliss-reactive ketones (excluding diaryl/α,β-unsaturated/α-hetero) is 1. The molecule has 3 aromatic rings. The monoisotopic (exact) mass is 460 g/mol. The van der Waals surface area contributed by atoms with Crippen LogP contribution in [0.1, 0.15) is 37.7 Å². The Morgan fingerprint density at radius 3 is 2.70 bits per heavy atom. The quantitative estimate of drug-likeness (QED) is 0.570. The standard InChI is InChI=1S/C26H21ClN2O4/c1-14-22(26(32)29-16-6-3-2-4-7-16)23(24-19(28-14)8-5-9-20(24)30)18-13-33-21-11-10-15(27)12-17(21)25(18)31/h2-4,6-7,10-13,23,28H,5,8-9H2,1H3,(H,29,32)/t23-/m0/s1. The Hall–Kier alpha value is -3.64. The Morgan fingerprint density at radius 1 is 1.12 bits per heavy atom. The van der Waals surface area contributed by atoms with Gasteiger partial charge in [0.15, 0.2) is 11.2 Å². The fraction of sp³-hybridized carbons (Fsp3) is 0.192. The van der Waals surface area contributed by atoms with Crippen molar-refractivity contribution in [1.82, 2.24) is 5.32 Å². The van der Waals surface area contributed by atoms with Gasteiger partial charge in [-0.05, 0) is 50.1 Å². The van der Waals surface area contributed by atoms with Gasteiger partial charge in [-0.15, -0.1) is 0 Å². The van der Waals surface area contributed by atoms with Crippen molar-refractivity contribution in [2.45, 2.75) is 32.1 Å². The highest BCUT2D eigenvalue weighted by Crippen LogP contribution is 2.42. The molecule has 33 heavy (non-hydrogen) atoms. The maximum absolute atomic E-state index is 13.6. The van der Waals surface area contributed by atoms with Crippen LogP contribution >= 0.6 is 11.6 Å². The zero-order valence-electron chi connectivity index (χ0n) is 17.9. The topological polar surface area (TPSA) is 88.4 Å². The minimum atomic E-state index is -0.836. The average molecular weight is 461 g/mol. The molecule has 0 radical (unpaired) electrons. The van der Waals surface area contributed by atoms with Crippen LogP contribution in [0.3, 0.4) is 0 Å². The fourth-order valence-electron chi connectivity index (χ4n) is 4.63. The predicted molar refractivity (Wildman–Crippen MR) is 127 cm³/mol. The third kappa shape index (κ3) is 3.76. The Bertz CT molecular complexity index is 1420. The van der Waals surface area contributed by atoms with E-state index in [1.807, 2.05) is 18.2 Å². The lowest BCUT2D eigenvalue weighted by Gasteiger charge is -2.34. The third-order valence-corrected chi connectivity index (χ3v) is 6.36. The fourth-order valence-corrected chi connectivity index (χ4v) is 4.80. The molecule has 7 heteroatoms. The third-order valence-electron chi connectivity index (χ3n) is 6.12. The molecule has 2 aliphatic rings. The van der Waals surface area contributed by atoms with Crippen molar-refractivity contribution < 1.29 is 14.0 Å². The number of fused-ring (bicyclic) bond motifs is 1. The van der Waals surface area contributed by atoms with Gasteiger partial charge in [-0.3, -0.25) is 14.4 Å². The second kappa shape index (κ2) is 8.37. The van der Waals surface area contributed by atoms with Gasteiger partial charge in [0.1, 0.15) is 5.58 Å². The number of hydrogen-bond acceptors (Lipinski definition) is 5. The number of allylic oxidation sites excluding steroid dienone is 3. The molecule has 0 bridgehead atoms. The van der Waals surface area contributed by atoms with Gasteiger partial charge in [0.05, 0.1) is 17.6 Å². The maximum atomic E-state index is 13.6. The summed E-state index contributed by atoms with van der Waals surface area (Å²) >= 11 is 6.13. The van der Waals surface area contributed by atoms with E-state index < -0.39 is 5.92 Å². The number of para-hydroxylation sites is 1. The van der Waals surface area contributed by atoms with Crippen LogP contribution in [-0.4, -0.2) is 11.7 Å². The smallest absolute Gasteiger partial charge is 0.254 e. The number of dihydropyridines is 1. The van der Waals surface area contributed by atoms with Crippen molar-refractivity contribution in [3.8, 4) is 0 Å². The molecule has 0 saturated carbocycles. The van der Waals surface area contributed by atoms with Crippen LogP contribution in [0, 0.1) is 0 Å². The zero-order chi connectivity index (χ0) is 23.1. The van der Waals surface area contributed by atoms with Crippen molar-refractivity contribution in [3.63, 3.8) is 0 Å². The molecular weight excluding hydrogens is 440 g/mol. The van der Waals surface area contributed by atoms with Crippen molar-refractivity contribution in [1.29, 1.82) is 0 Å². The number of halogens is 1. The lowest BCUT2D eigenvalue weighted by Crippen LogP contribution is -2.37. The van der Waals surface area contributed by atoms with Gasteiger partial charge < -0.3 is 15.1 Å². The number of hydrogen-bond donors (Lipinski definition) is 2. The molecule has 2 aromatic carbocycles. The summed E-state index contributed by atoms with van der Waals surface area (Å²) in [4.78, 5) is 40.1. The minimum absolute atomic E-state index is 0.0724. The number of benzene rings is 2. The molecule has 1 aliphatic heterocycles. The van der Waals surface area contributed by atoms with Gasteiger partial charge in [0.25, 0.3) is 5.91 Å². The first-order chi connectivity index (χ1) is 15.9. The molecule has 5 rings (SSSR count). The molecule has 0 spiro atoms. The molecule has 1 aromatic heterocycles. The lowest BCUT2D eigenvalue weighted by molar-refractivity contribution is -0.116. The Morgan fingerprint density at radius 2 is 1.91 bits per heavy atom. The number of rotatable bonds is 3. The maximum Gasteiger partial charge on any atom is 0.254 e. The lowest BCUT2D eigenvalue weighted by atomic mass is 9.75. The second-order valence-corrected chi connectivity index (χ2v) is 8.68. The number of carbonyl (C=O) groups excluding carboxylic acids is 2. The van der Waals surface area contributed by atoms with Crippen molar-refractivity contribution in [2.24, 2.45) is 0 Å². The molecule has 0 unspecified atom stereocenters. The molecule has 0 saturated heterocycles. The van der Waals surface area contributed by atoms with Crippen LogP contribution in [0.5, 0.6) is 0 Å². The van der Waals surface area contributed by atoms with Crippen LogP contribution in [0.25, 0.3) is 11.0 Å². The van der Waals surface area contributed by atoms with Crippen LogP contribution in [0.15, 0.2) is 86.5 Å². The summed E-state index contributed by atoms with van der Waals surface area (Å²) < 4.78 is 5.76. The van der Waals surface area contributed by atoms with Gasteiger partial charge in [0, 0.05) is 45.2 Å². The van der Waals surface area contributed by atoms with Gasteiger partial charge in [-0.25, -0.2) is 0 Å². The molecule has 1 atom stereocenters. The molecule has 0 fully saturated rings. The van der Waals surface area contributed by atoms with Crippen molar-refractivity contribution in [3.05, 3.63) is 98.1 Å². The van der Waals surface area contributed by atoms with Crippen LogP contribution in [0.4, 0.5) is 5.69 Å². The Balaban J connectivity index is 1.70. The summed E-state index contributed by atoms with van der Waals surface area (Å²) in [5.74, 6) is -1.29. The molecule has 1 amide bonds. The van der Waals surface area contributed by atoms with E-state index in [2.05, 4.69) is 10.6 Å². The highest BCUT2D eigenvalue weighted by Gasteiger charge is 2.40. The first-order valence-corrected chi connectivity index (χ1v) is 11.1. The van der Waals surface area contributed by atoms with Gasteiger partial charge in [-0.2, -0.15) is 0 Å². The normalized spacial score (nSPS) is 18.2. The summed E-state index contributed by atoms with van der Waals surface area (Å²) in [6.07, 6.45) is 3.13. The minimum Gasteiger partial charge on any atom is -0.464 e. The summed E-state index contributed by atoms with van der Waals surface area (Å²) in [6, 6.07) is 13.9. The molecule has 2 N–H and O–H groups in total. The molecular formula is C26H21ClN2O4. The van der Waals surface area contributed by atoms with Crippen LogP contribution in [-0.2, 0) is 9.59 Å². The Kier molecular flexibility index (Phi) is 5.38. The van der Waals surface area contributed by atoms with Crippen LogP contribution < -0.4 is 16.1 Å². The number of ketones is 1. The highest BCUT2D eigenvalue weighted by atomic mass is 35.5. The average Bonchev–Trinajstić information content (AvgIpc) is 2.80. The molecule has 6 nitrogen and oxygen atoms in total. The predicted octanol–water partition coefficient (Wildman–Crippen LogP) is 5.05. The van der Waals surface area contributed by atoms with Crippen molar-refractivity contribution >= 4 is 39.9 Å². The number of carbonyl (C=O) groups is 2. The first kappa shape index (κ1) is 21.2. The number of anilines is 1. The van der Waals surface area contributed by atoms with E-state index in [0.29, 0.717) is 51.4 Å². The zero-order valence-corrected chi connectivity index (χ0v) is 18.7. The number of amides is 1. The first-order valence-electron chi connectivity index (χ1n) is 10.8. The van der Waals surface area contributed by atoms with E-state index in [1.165, 1.54) is 6.26 Å². The summed E-state index contributed by atoms with van der Waals surface area (Å²) in [5.41, 5.74) is 3.08. The van der Waals surface area contributed by atoms with E-state index in [9.17, 15) is 14.4 Å². The molecule has 166 valence electrons.